The number of nitrogens with zero attached hydrogens (tertiary/aromatic N) is 1. The van der Waals surface area contributed by atoms with E-state index in [1.165, 1.54) is 0 Å². The lowest BCUT2D eigenvalue weighted by atomic mass is 10.0. The summed E-state index contributed by atoms with van der Waals surface area (Å²) in [7, 11) is 0. The van der Waals surface area contributed by atoms with Crippen LogP contribution in [0.5, 0.6) is 5.75 Å². The number of hydrogen-bond acceptors (Lipinski definition) is 3. The van der Waals surface area contributed by atoms with Gasteiger partial charge in [-0.2, -0.15) is 0 Å². The molecule has 0 aliphatic rings. The van der Waals surface area contributed by atoms with Crippen LogP contribution in [-0.4, -0.2) is 35.9 Å². The third-order valence-electron chi connectivity index (χ3n) is 5.78. The van der Waals surface area contributed by atoms with Crippen molar-refractivity contribution in [3.05, 3.63) is 101 Å². The fourth-order valence-corrected chi connectivity index (χ4v) is 3.92. The molecule has 0 saturated heterocycles. The molecule has 0 saturated carbocycles. The predicted octanol–water partition coefficient (Wildman–Crippen LogP) is 4.77. The number of carbonyl (C=O) groups is 2. The minimum absolute atomic E-state index is 0.138. The Bertz CT molecular complexity index is 1090. The minimum atomic E-state index is -0.654. The van der Waals surface area contributed by atoms with Crippen LogP contribution in [0.4, 0.5) is 0 Å². The molecule has 3 aromatic carbocycles. The van der Waals surface area contributed by atoms with E-state index in [0.29, 0.717) is 25.3 Å². The highest BCUT2D eigenvalue weighted by Crippen LogP contribution is 2.20. The Hall–Kier alpha value is -3.60. The highest BCUT2D eigenvalue weighted by Gasteiger charge is 2.30. The Kier molecular flexibility index (Phi) is 8.86. The first-order valence-electron chi connectivity index (χ1n) is 11.7. The first kappa shape index (κ1) is 25.0. The number of hydrogen-bond donors (Lipinski definition) is 1. The predicted molar refractivity (Wildman–Crippen MR) is 136 cm³/mol. The number of likely N-dealkylation sites (N-methyl/N-ethyl adjacent to an activating group) is 1. The number of ether oxygens (including phenoxy) is 1. The van der Waals surface area contributed by atoms with Gasteiger partial charge in [-0.05, 0) is 50.5 Å². The van der Waals surface area contributed by atoms with Gasteiger partial charge < -0.3 is 15.0 Å². The maximum Gasteiger partial charge on any atom is 0.261 e. The third-order valence-corrected chi connectivity index (χ3v) is 5.78. The molecule has 0 aliphatic carbocycles. The maximum atomic E-state index is 13.5. The quantitative estimate of drug-likeness (QED) is 0.476. The van der Waals surface area contributed by atoms with Crippen molar-refractivity contribution in [2.24, 2.45) is 0 Å². The van der Waals surface area contributed by atoms with Crippen LogP contribution in [0.15, 0.2) is 72.8 Å². The second-order valence-electron chi connectivity index (χ2n) is 8.66. The second-order valence-corrected chi connectivity index (χ2v) is 8.66. The summed E-state index contributed by atoms with van der Waals surface area (Å²) in [5, 5.41) is 2.91. The zero-order chi connectivity index (χ0) is 24.5. The molecule has 5 heteroatoms. The van der Waals surface area contributed by atoms with Gasteiger partial charge in [0.25, 0.3) is 5.91 Å². The Balaban J connectivity index is 1.89. The van der Waals surface area contributed by atoms with Crippen LogP contribution >= 0.6 is 0 Å². The average molecular weight is 459 g/mol. The molecule has 1 atom stereocenters. The van der Waals surface area contributed by atoms with E-state index < -0.39 is 6.04 Å². The lowest BCUT2D eigenvalue weighted by Gasteiger charge is -2.31. The first-order valence-corrected chi connectivity index (χ1v) is 11.7. The molecule has 5 nitrogen and oxygen atoms in total. The zero-order valence-electron chi connectivity index (χ0n) is 20.5. The molecule has 3 rings (SSSR count). The summed E-state index contributed by atoms with van der Waals surface area (Å²) < 4.78 is 5.91. The molecule has 1 N–H and O–H groups in total. The fraction of sp³-hybridized carbons (Fsp3) is 0.310. The van der Waals surface area contributed by atoms with E-state index in [0.717, 1.165) is 27.8 Å². The van der Waals surface area contributed by atoms with Crippen molar-refractivity contribution >= 4 is 11.8 Å². The van der Waals surface area contributed by atoms with Gasteiger partial charge in [0.05, 0.1) is 0 Å². The number of amides is 2. The summed E-state index contributed by atoms with van der Waals surface area (Å²) in [5.74, 6) is 0.276. The van der Waals surface area contributed by atoms with Crippen LogP contribution in [-0.2, 0) is 22.6 Å². The molecule has 2 amide bonds. The topological polar surface area (TPSA) is 58.6 Å². The number of aryl methyl sites for hydroxylation is 3. The molecule has 0 heterocycles. The lowest BCUT2D eigenvalue weighted by molar-refractivity contribution is -0.142. The first-order chi connectivity index (χ1) is 16.4. The van der Waals surface area contributed by atoms with E-state index in [1.54, 1.807) is 4.90 Å². The summed E-state index contributed by atoms with van der Waals surface area (Å²) in [4.78, 5) is 28.3. The van der Waals surface area contributed by atoms with Gasteiger partial charge in [0, 0.05) is 19.5 Å². The summed E-state index contributed by atoms with van der Waals surface area (Å²) in [6.07, 6.45) is 0.424. The van der Waals surface area contributed by atoms with E-state index in [1.807, 2.05) is 100 Å². The van der Waals surface area contributed by atoms with Crippen molar-refractivity contribution in [2.45, 2.75) is 46.7 Å². The highest BCUT2D eigenvalue weighted by molar-refractivity contribution is 5.88. The van der Waals surface area contributed by atoms with Crippen LogP contribution in [0.1, 0.15) is 34.7 Å². The van der Waals surface area contributed by atoms with E-state index in [2.05, 4.69) is 5.32 Å². The molecule has 0 bridgehead atoms. The molecular formula is C29H34N2O3. The average Bonchev–Trinajstić information content (AvgIpc) is 2.82. The summed E-state index contributed by atoms with van der Waals surface area (Å²) in [6.45, 7) is 8.57. The van der Waals surface area contributed by atoms with Crippen LogP contribution in [0.25, 0.3) is 0 Å². The molecule has 0 aliphatic heterocycles. The highest BCUT2D eigenvalue weighted by atomic mass is 16.5. The Morgan fingerprint density at radius 3 is 2.21 bits per heavy atom. The summed E-state index contributed by atoms with van der Waals surface area (Å²) in [5.41, 5.74) is 5.21. The minimum Gasteiger partial charge on any atom is -0.483 e. The number of benzene rings is 3. The van der Waals surface area contributed by atoms with Crippen LogP contribution in [0.2, 0.25) is 0 Å². The fourth-order valence-electron chi connectivity index (χ4n) is 3.92. The van der Waals surface area contributed by atoms with Crippen molar-refractivity contribution in [3.63, 3.8) is 0 Å². The van der Waals surface area contributed by atoms with Gasteiger partial charge in [-0.25, -0.2) is 0 Å². The van der Waals surface area contributed by atoms with Crippen molar-refractivity contribution in [1.82, 2.24) is 10.2 Å². The third kappa shape index (κ3) is 6.95. The smallest absolute Gasteiger partial charge is 0.261 e. The normalized spacial score (nSPS) is 11.5. The van der Waals surface area contributed by atoms with Crippen molar-refractivity contribution in [1.29, 1.82) is 0 Å². The monoisotopic (exact) mass is 458 g/mol. The molecule has 0 aromatic heterocycles. The van der Waals surface area contributed by atoms with Gasteiger partial charge in [0.2, 0.25) is 5.91 Å². The van der Waals surface area contributed by atoms with Crippen LogP contribution < -0.4 is 10.1 Å². The van der Waals surface area contributed by atoms with E-state index in [9.17, 15) is 9.59 Å². The summed E-state index contributed by atoms with van der Waals surface area (Å²) in [6, 6.07) is 23.0. The molecule has 0 unspecified atom stereocenters. The standard InChI is InChI=1S/C29H34N2O3/c1-5-30-29(33)26(18-24-9-7-6-8-10-24)31(19-25-14-11-21(2)12-15-25)28(32)20-34-27-16-13-22(3)17-23(27)4/h6-17,26H,5,18-20H2,1-4H3,(H,30,33)/t26-/m0/s1. The van der Waals surface area contributed by atoms with Gasteiger partial charge >= 0.3 is 0 Å². The summed E-state index contributed by atoms with van der Waals surface area (Å²) >= 11 is 0. The van der Waals surface area contributed by atoms with Crippen molar-refractivity contribution in [3.8, 4) is 5.75 Å². The number of carbonyl (C=O) groups excluding carboxylic acids is 2. The van der Waals surface area contributed by atoms with Crippen molar-refractivity contribution in [2.75, 3.05) is 13.2 Å². The number of rotatable bonds is 10. The molecular weight excluding hydrogens is 424 g/mol. The van der Waals surface area contributed by atoms with E-state index in [-0.39, 0.29) is 18.4 Å². The molecule has 0 fully saturated rings. The second kappa shape index (κ2) is 12.0. The van der Waals surface area contributed by atoms with Gasteiger partial charge in [-0.3, -0.25) is 9.59 Å². The van der Waals surface area contributed by atoms with E-state index >= 15 is 0 Å². The van der Waals surface area contributed by atoms with Gasteiger partial charge in [-0.1, -0.05) is 77.9 Å². The Morgan fingerprint density at radius 1 is 0.882 bits per heavy atom. The molecule has 178 valence electrons. The molecule has 34 heavy (non-hydrogen) atoms. The van der Waals surface area contributed by atoms with Crippen molar-refractivity contribution < 1.29 is 14.3 Å². The SMILES string of the molecule is CCNC(=O)[C@H](Cc1ccccc1)N(Cc1ccc(C)cc1)C(=O)COc1ccc(C)cc1C. The maximum absolute atomic E-state index is 13.5. The van der Waals surface area contributed by atoms with Crippen LogP contribution in [0, 0.1) is 20.8 Å². The Morgan fingerprint density at radius 2 is 1.56 bits per heavy atom. The largest absolute Gasteiger partial charge is 0.483 e. The lowest BCUT2D eigenvalue weighted by Crippen LogP contribution is -2.51. The van der Waals surface area contributed by atoms with Gasteiger partial charge in [0.15, 0.2) is 6.61 Å². The van der Waals surface area contributed by atoms with Gasteiger partial charge in [-0.15, -0.1) is 0 Å². The molecule has 3 aromatic rings. The molecule has 0 spiro atoms. The molecule has 0 radical (unpaired) electrons. The Labute approximate surface area is 202 Å². The van der Waals surface area contributed by atoms with Gasteiger partial charge in [0.1, 0.15) is 11.8 Å². The zero-order valence-corrected chi connectivity index (χ0v) is 20.5. The van der Waals surface area contributed by atoms with Crippen LogP contribution in [0.3, 0.4) is 0 Å². The number of nitrogens with one attached hydrogen (secondary N) is 1. The van der Waals surface area contributed by atoms with E-state index in [4.69, 9.17) is 4.74 Å².